The summed E-state index contributed by atoms with van der Waals surface area (Å²) in [5.74, 6) is 1.25. The predicted molar refractivity (Wildman–Crippen MR) is 72.6 cm³/mol. The largest absolute Gasteiger partial charge is 0.373 e. The van der Waals surface area contributed by atoms with Gasteiger partial charge in [-0.15, -0.1) is 0 Å². The molecule has 0 spiro atoms. The minimum atomic E-state index is -0.165. The normalized spacial score (nSPS) is 20.7. The van der Waals surface area contributed by atoms with Crippen LogP contribution >= 0.6 is 0 Å². The van der Waals surface area contributed by atoms with Crippen LogP contribution in [0.1, 0.15) is 64.3 Å². The highest BCUT2D eigenvalue weighted by Gasteiger charge is 2.34. The lowest BCUT2D eigenvalue weighted by Gasteiger charge is -2.26. The van der Waals surface area contributed by atoms with Gasteiger partial charge in [-0.25, -0.2) is 0 Å². The summed E-state index contributed by atoms with van der Waals surface area (Å²) in [5.41, 5.74) is 6.11. The van der Waals surface area contributed by atoms with E-state index in [0.29, 0.717) is 18.1 Å². The number of hydrogen-bond acceptors (Lipinski definition) is 5. The van der Waals surface area contributed by atoms with Crippen LogP contribution in [0.15, 0.2) is 4.52 Å². The Bertz CT molecular complexity index is 417. The monoisotopic (exact) mass is 267 g/mol. The maximum absolute atomic E-state index is 6.34. The van der Waals surface area contributed by atoms with Crippen LogP contribution in [0.4, 0.5) is 0 Å². The fourth-order valence-electron chi connectivity index (χ4n) is 2.85. The third-order valence-corrected chi connectivity index (χ3v) is 3.84. The SMILES string of the molecule is COC(c1noc(CC2(N)CCCC2)n1)C(C)(C)C. The van der Waals surface area contributed by atoms with Gasteiger partial charge in [0.15, 0.2) is 0 Å². The highest BCUT2D eigenvalue weighted by atomic mass is 16.5. The van der Waals surface area contributed by atoms with Crippen molar-refractivity contribution in [3.63, 3.8) is 0 Å². The zero-order valence-corrected chi connectivity index (χ0v) is 12.4. The van der Waals surface area contributed by atoms with Gasteiger partial charge in [0, 0.05) is 19.1 Å². The number of methoxy groups -OCH3 is 1. The lowest BCUT2D eigenvalue weighted by Crippen LogP contribution is -2.38. The van der Waals surface area contributed by atoms with E-state index in [2.05, 4.69) is 30.9 Å². The summed E-state index contributed by atoms with van der Waals surface area (Å²) in [7, 11) is 1.67. The second-order valence-electron chi connectivity index (χ2n) is 6.77. The van der Waals surface area contributed by atoms with Crippen molar-refractivity contribution in [2.24, 2.45) is 11.1 Å². The van der Waals surface area contributed by atoms with Crippen molar-refractivity contribution in [3.05, 3.63) is 11.7 Å². The Kier molecular flexibility index (Phi) is 3.97. The van der Waals surface area contributed by atoms with Gasteiger partial charge in [-0.2, -0.15) is 4.98 Å². The van der Waals surface area contributed by atoms with Gasteiger partial charge in [0.05, 0.1) is 0 Å². The minimum absolute atomic E-state index is 0.0658. The molecule has 1 aromatic heterocycles. The van der Waals surface area contributed by atoms with Crippen LogP contribution in [-0.2, 0) is 11.2 Å². The van der Waals surface area contributed by atoms with E-state index in [0.717, 1.165) is 12.8 Å². The van der Waals surface area contributed by atoms with Crippen LogP contribution < -0.4 is 5.73 Å². The molecule has 19 heavy (non-hydrogen) atoms. The molecule has 0 aromatic carbocycles. The Morgan fingerprint density at radius 1 is 1.37 bits per heavy atom. The molecule has 1 aliphatic carbocycles. The van der Waals surface area contributed by atoms with Gasteiger partial charge in [-0.1, -0.05) is 38.8 Å². The van der Waals surface area contributed by atoms with Crippen LogP contribution in [0.2, 0.25) is 0 Å². The van der Waals surface area contributed by atoms with Gasteiger partial charge in [0.2, 0.25) is 11.7 Å². The van der Waals surface area contributed by atoms with Crippen molar-refractivity contribution in [3.8, 4) is 0 Å². The predicted octanol–water partition coefficient (Wildman–Crippen LogP) is 2.62. The number of hydrogen-bond donors (Lipinski definition) is 1. The fourth-order valence-corrected chi connectivity index (χ4v) is 2.85. The molecule has 1 unspecified atom stereocenters. The molecule has 1 aliphatic rings. The molecule has 1 heterocycles. The van der Waals surface area contributed by atoms with E-state index < -0.39 is 0 Å². The minimum Gasteiger partial charge on any atom is -0.373 e. The molecule has 1 atom stereocenters. The van der Waals surface area contributed by atoms with Crippen molar-refractivity contribution >= 4 is 0 Å². The van der Waals surface area contributed by atoms with Crippen molar-refractivity contribution in [2.45, 2.75) is 64.5 Å². The van der Waals surface area contributed by atoms with Crippen LogP contribution in [0, 0.1) is 5.41 Å². The van der Waals surface area contributed by atoms with E-state index in [1.807, 2.05) is 0 Å². The summed E-state index contributed by atoms with van der Waals surface area (Å²) in [6.07, 6.45) is 4.97. The van der Waals surface area contributed by atoms with E-state index in [4.69, 9.17) is 15.0 Å². The van der Waals surface area contributed by atoms with Gasteiger partial charge >= 0.3 is 0 Å². The summed E-state index contributed by atoms with van der Waals surface area (Å²) >= 11 is 0. The molecular weight excluding hydrogens is 242 g/mol. The standard InChI is InChI=1S/C14H25N3O2/c1-13(2,3)11(18-4)12-16-10(19-17-12)9-14(15)7-5-6-8-14/h11H,5-9,15H2,1-4H3. The summed E-state index contributed by atoms with van der Waals surface area (Å²) in [6.45, 7) is 6.29. The number of aromatic nitrogens is 2. The Balaban J connectivity index is 2.10. The molecule has 2 N–H and O–H groups in total. The third kappa shape index (κ3) is 3.34. The van der Waals surface area contributed by atoms with E-state index in [1.54, 1.807) is 7.11 Å². The van der Waals surface area contributed by atoms with Crippen LogP contribution in [-0.4, -0.2) is 22.8 Å². The summed E-state index contributed by atoms with van der Waals surface area (Å²) in [6, 6.07) is 0. The first-order chi connectivity index (χ1) is 8.84. The van der Waals surface area contributed by atoms with Gasteiger partial charge in [-0.05, 0) is 18.3 Å². The number of nitrogens with two attached hydrogens (primary N) is 1. The van der Waals surface area contributed by atoms with E-state index in [1.165, 1.54) is 12.8 Å². The maximum Gasteiger partial charge on any atom is 0.228 e. The quantitative estimate of drug-likeness (QED) is 0.907. The lowest BCUT2D eigenvalue weighted by molar-refractivity contribution is 0.00718. The number of ether oxygens (including phenoxy) is 1. The van der Waals surface area contributed by atoms with Gasteiger partial charge in [0.25, 0.3) is 0 Å². The molecule has 1 saturated carbocycles. The number of rotatable bonds is 4. The molecule has 0 aliphatic heterocycles. The average Bonchev–Trinajstić information content (AvgIpc) is 2.88. The highest BCUT2D eigenvalue weighted by Crippen LogP contribution is 2.35. The molecular formula is C14H25N3O2. The molecule has 108 valence electrons. The number of nitrogens with zero attached hydrogens (tertiary/aromatic N) is 2. The summed E-state index contributed by atoms with van der Waals surface area (Å²) in [5, 5.41) is 4.06. The van der Waals surface area contributed by atoms with E-state index >= 15 is 0 Å². The molecule has 2 rings (SSSR count). The third-order valence-electron chi connectivity index (χ3n) is 3.84. The van der Waals surface area contributed by atoms with Crippen molar-refractivity contribution in [2.75, 3.05) is 7.11 Å². The second-order valence-corrected chi connectivity index (χ2v) is 6.77. The second kappa shape index (κ2) is 5.21. The molecule has 0 saturated heterocycles. The first-order valence-corrected chi connectivity index (χ1v) is 6.98. The Labute approximate surface area is 114 Å². The molecule has 1 aromatic rings. The Morgan fingerprint density at radius 3 is 2.53 bits per heavy atom. The van der Waals surface area contributed by atoms with Crippen LogP contribution in [0.5, 0.6) is 0 Å². The van der Waals surface area contributed by atoms with Crippen LogP contribution in [0.25, 0.3) is 0 Å². The molecule has 0 radical (unpaired) electrons. The van der Waals surface area contributed by atoms with Gasteiger partial charge in [0.1, 0.15) is 6.10 Å². The molecule has 1 fully saturated rings. The first kappa shape index (κ1) is 14.5. The molecule has 0 bridgehead atoms. The summed E-state index contributed by atoms with van der Waals surface area (Å²) in [4.78, 5) is 4.47. The van der Waals surface area contributed by atoms with Gasteiger partial charge in [-0.3, -0.25) is 0 Å². The fraction of sp³-hybridized carbons (Fsp3) is 0.857. The molecule has 5 nitrogen and oxygen atoms in total. The Hall–Kier alpha value is -0.940. The maximum atomic E-state index is 6.34. The van der Waals surface area contributed by atoms with Crippen molar-refractivity contribution in [1.82, 2.24) is 10.1 Å². The first-order valence-electron chi connectivity index (χ1n) is 6.98. The van der Waals surface area contributed by atoms with Crippen molar-refractivity contribution in [1.29, 1.82) is 0 Å². The average molecular weight is 267 g/mol. The zero-order chi connectivity index (χ0) is 14.1. The Morgan fingerprint density at radius 2 is 2.00 bits per heavy atom. The summed E-state index contributed by atoms with van der Waals surface area (Å²) < 4.78 is 10.8. The topological polar surface area (TPSA) is 74.2 Å². The van der Waals surface area contributed by atoms with Gasteiger partial charge < -0.3 is 15.0 Å². The van der Waals surface area contributed by atoms with E-state index in [-0.39, 0.29) is 17.1 Å². The van der Waals surface area contributed by atoms with E-state index in [9.17, 15) is 0 Å². The molecule has 0 amide bonds. The highest BCUT2D eigenvalue weighted by molar-refractivity contribution is 5.01. The smallest absolute Gasteiger partial charge is 0.228 e. The lowest BCUT2D eigenvalue weighted by atomic mass is 9.88. The van der Waals surface area contributed by atoms with Crippen molar-refractivity contribution < 1.29 is 9.26 Å². The molecule has 5 heteroatoms. The van der Waals surface area contributed by atoms with Crippen LogP contribution in [0.3, 0.4) is 0 Å². The zero-order valence-electron chi connectivity index (χ0n) is 12.4.